The number of rotatable bonds is 3. The molecule has 1 N–H and O–H groups in total. The van der Waals surface area contributed by atoms with Crippen LogP contribution in [-0.2, 0) is 11.3 Å². The van der Waals surface area contributed by atoms with E-state index in [-0.39, 0.29) is 18.0 Å². The molecule has 7 heteroatoms. The molecule has 1 aliphatic heterocycles. The molecule has 1 saturated heterocycles. The summed E-state index contributed by atoms with van der Waals surface area (Å²) in [6.07, 6.45) is 1.51. The standard InChI is InChI=1S/C21H24N4O2S/c1-14-4-6-16(7-5-14)18-15(2)28-20-19(18)21(27)25(13-22-20)12-17(26)24-10-8-23(3)9-11-24/h4-7,13H,8-12H2,1-3H3/p+1. The summed E-state index contributed by atoms with van der Waals surface area (Å²) >= 11 is 1.53. The highest BCUT2D eigenvalue weighted by atomic mass is 32.1. The molecule has 0 aliphatic carbocycles. The van der Waals surface area contributed by atoms with Crippen LogP contribution in [0.4, 0.5) is 0 Å². The molecular weight excluding hydrogens is 372 g/mol. The van der Waals surface area contributed by atoms with Crippen molar-refractivity contribution < 1.29 is 9.69 Å². The highest BCUT2D eigenvalue weighted by Crippen LogP contribution is 2.35. The van der Waals surface area contributed by atoms with E-state index in [0.717, 1.165) is 47.0 Å². The minimum Gasteiger partial charge on any atom is -0.334 e. The van der Waals surface area contributed by atoms with Crippen LogP contribution in [0.2, 0.25) is 0 Å². The van der Waals surface area contributed by atoms with Crippen LogP contribution in [0.3, 0.4) is 0 Å². The van der Waals surface area contributed by atoms with E-state index < -0.39 is 0 Å². The third kappa shape index (κ3) is 3.47. The van der Waals surface area contributed by atoms with Gasteiger partial charge in [-0.05, 0) is 19.4 Å². The third-order valence-electron chi connectivity index (χ3n) is 5.47. The van der Waals surface area contributed by atoms with Crippen LogP contribution >= 0.6 is 11.3 Å². The third-order valence-corrected chi connectivity index (χ3v) is 6.48. The molecule has 146 valence electrons. The number of thiophene rings is 1. The summed E-state index contributed by atoms with van der Waals surface area (Å²) in [5.41, 5.74) is 2.98. The number of hydrogen-bond donors (Lipinski definition) is 1. The second kappa shape index (κ2) is 7.48. The Morgan fingerprint density at radius 2 is 1.86 bits per heavy atom. The Balaban J connectivity index is 1.70. The molecule has 3 heterocycles. The van der Waals surface area contributed by atoms with Crippen molar-refractivity contribution in [3.8, 4) is 11.1 Å². The molecule has 3 aromatic rings. The Hall–Kier alpha value is -2.51. The maximum atomic E-state index is 13.2. The molecule has 1 aliphatic rings. The van der Waals surface area contributed by atoms with Gasteiger partial charge in [0.2, 0.25) is 5.91 Å². The largest absolute Gasteiger partial charge is 0.334 e. The van der Waals surface area contributed by atoms with Gasteiger partial charge in [-0.3, -0.25) is 14.2 Å². The number of carbonyl (C=O) groups is 1. The summed E-state index contributed by atoms with van der Waals surface area (Å²) in [5.74, 6) is -0.0143. The first kappa shape index (κ1) is 18.8. The normalized spacial score (nSPS) is 15.3. The lowest BCUT2D eigenvalue weighted by Crippen LogP contribution is -3.12. The maximum Gasteiger partial charge on any atom is 0.263 e. The molecule has 0 saturated carbocycles. The lowest BCUT2D eigenvalue weighted by molar-refractivity contribution is -0.883. The van der Waals surface area contributed by atoms with Gasteiger partial charge < -0.3 is 9.80 Å². The van der Waals surface area contributed by atoms with E-state index >= 15 is 0 Å². The van der Waals surface area contributed by atoms with Crippen molar-refractivity contribution in [2.45, 2.75) is 20.4 Å². The first-order chi connectivity index (χ1) is 13.4. The van der Waals surface area contributed by atoms with E-state index in [2.05, 4.69) is 12.0 Å². The van der Waals surface area contributed by atoms with E-state index in [9.17, 15) is 9.59 Å². The van der Waals surface area contributed by atoms with Gasteiger partial charge in [0.1, 0.15) is 11.4 Å². The van der Waals surface area contributed by atoms with Crippen LogP contribution in [0.15, 0.2) is 35.4 Å². The molecule has 2 aromatic heterocycles. The van der Waals surface area contributed by atoms with Crippen LogP contribution in [0.25, 0.3) is 21.3 Å². The minimum atomic E-state index is -0.141. The summed E-state index contributed by atoms with van der Waals surface area (Å²) in [6.45, 7) is 7.47. The van der Waals surface area contributed by atoms with Gasteiger partial charge in [-0.15, -0.1) is 11.3 Å². The summed E-state index contributed by atoms with van der Waals surface area (Å²) < 4.78 is 1.46. The van der Waals surface area contributed by atoms with Gasteiger partial charge in [-0.1, -0.05) is 29.8 Å². The zero-order valence-electron chi connectivity index (χ0n) is 16.5. The zero-order valence-corrected chi connectivity index (χ0v) is 17.3. The lowest BCUT2D eigenvalue weighted by Gasteiger charge is -2.30. The Kier molecular flexibility index (Phi) is 5.03. The summed E-state index contributed by atoms with van der Waals surface area (Å²) in [6, 6.07) is 8.18. The molecule has 6 nitrogen and oxygen atoms in total. The van der Waals surface area contributed by atoms with E-state index in [1.807, 2.05) is 43.0 Å². The smallest absolute Gasteiger partial charge is 0.263 e. The number of nitrogens with zero attached hydrogens (tertiary/aromatic N) is 3. The molecule has 28 heavy (non-hydrogen) atoms. The minimum absolute atomic E-state index is 0.0143. The Bertz CT molecular complexity index is 1080. The summed E-state index contributed by atoms with van der Waals surface area (Å²) in [7, 11) is 2.13. The van der Waals surface area contributed by atoms with Gasteiger partial charge in [0, 0.05) is 10.4 Å². The molecule has 0 atom stereocenters. The fourth-order valence-electron chi connectivity index (χ4n) is 3.70. The van der Waals surface area contributed by atoms with Crippen molar-refractivity contribution in [1.82, 2.24) is 14.5 Å². The van der Waals surface area contributed by atoms with Crippen LogP contribution in [0.5, 0.6) is 0 Å². The number of piperazine rings is 1. The molecule has 1 amide bonds. The monoisotopic (exact) mass is 397 g/mol. The number of amides is 1. The van der Waals surface area contributed by atoms with Crippen molar-refractivity contribution in [2.24, 2.45) is 0 Å². The predicted molar refractivity (Wildman–Crippen MR) is 112 cm³/mol. The quantitative estimate of drug-likeness (QED) is 0.720. The first-order valence-electron chi connectivity index (χ1n) is 9.58. The van der Waals surface area contributed by atoms with E-state index in [0.29, 0.717) is 5.39 Å². The predicted octanol–water partition coefficient (Wildman–Crippen LogP) is 1.10. The van der Waals surface area contributed by atoms with E-state index in [4.69, 9.17) is 0 Å². The zero-order chi connectivity index (χ0) is 19.8. The number of benzene rings is 1. The lowest BCUT2D eigenvalue weighted by atomic mass is 10.0. The number of hydrogen-bond acceptors (Lipinski definition) is 4. The van der Waals surface area contributed by atoms with Crippen molar-refractivity contribution in [1.29, 1.82) is 0 Å². The number of aromatic nitrogens is 2. The molecule has 0 unspecified atom stereocenters. The van der Waals surface area contributed by atoms with Gasteiger partial charge in [-0.2, -0.15) is 0 Å². The SMILES string of the molecule is Cc1ccc(-c2c(C)sc3ncn(CC(=O)N4CC[NH+](C)CC4)c(=O)c23)cc1. The molecule has 0 bridgehead atoms. The average Bonchev–Trinajstić information content (AvgIpc) is 3.02. The Morgan fingerprint density at radius 1 is 1.18 bits per heavy atom. The van der Waals surface area contributed by atoms with Crippen molar-refractivity contribution in [3.63, 3.8) is 0 Å². The Labute approximate surface area is 168 Å². The van der Waals surface area contributed by atoms with Gasteiger partial charge in [0.25, 0.3) is 5.56 Å². The van der Waals surface area contributed by atoms with Gasteiger partial charge >= 0.3 is 0 Å². The molecular formula is C21H25N4O2S+. The first-order valence-corrected chi connectivity index (χ1v) is 10.4. The topological polar surface area (TPSA) is 59.6 Å². The fourth-order valence-corrected chi connectivity index (χ4v) is 4.70. The second-order valence-electron chi connectivity index (χ2n) is 7.59. The fraction of sp³-hybridized carbons (Fsp3) is 0.381. The highest BCUT2D eigenvalue weighted by Gasteiger charge is 2.23. The maximum absolute atomic E-state index is 13.2. The summed E-state index contributed by atoms with van der Waals surface area (Å²) in [5, 5.41) is 0.615. The number of fused-ring (bicyclic) bond motifs is 1. The molecule has 4 rings (SSSR count). The summed E-state index contributed by atoms with van der Waals surface area (Å²) in [4.78, 5) is 35.5. The average molecular weight is 398 g/mol. The van der Waals surface area contributed by atoms with E-state index in [1.54, 1.807) is 0 Å². The highest BCUT2D eigenvalue weighted by molar-refractivity contribution is 7.19. The van der Waals surface area contributed by atoms with Gasteiger partial charge in [-0.25, -0.2) is 4.98 Å². The molecule has 1 fully saturated rings. The second-order valence-corrected chi connectivity index (χ2v) is 8.80. The molecule has 0 spiro atoms. The van der Waals surface area contributed by atoms with Gasteiger partial charge in [0.15, 0.2) is 0 Å². The van der Waals surface area contributed by atoms with E-state index in [1.165, 1.54) is 32.7 Å². The molecule has 0 radical (unpaired) electrons. The number of carbonyl (C=O) groups excluding carboxylic acids is 1. The number of likely N-dealkylation sites (N-methyl/N-ethyl adjacent to an activating group) is 1. The Morgan fingerprint density at radius 3 is 2.54 bits per heavy atom. The number of quaternary nitrogens is 1. The van der Waals surface area contributed by atoms with Crippen LogP contribution < -0.4 is 10.5 Å². The van der Waals surface area contributed by atoms with Crippen molar-refractivity contribution >= 4 is 27.5 Å². The van der Waals surface area contributed by atoms with Crippen LogP contribution in [0, 0.1) is 13.8 Å². The van der Waals surface area contributed by atoms with Crippen LogP contribution in [0.1, 0.15) is 10.4 Å². The number of aryl methyl sites for hydroxylation is 2. The number of nitrogens with one attached hydrogen (secondary N) is 1. The van der Waals surface area contributed by atoms with Gasteiger partial charge in [0.05, 0.1) is 44.9 Å². The molecule has 1 aromatic carbocycles. The van der Waals surface area contributed by atoms with Crippen LogP contribution in [-0.4, -0.2) is 53.6 Å². The van der Waals surface area contributed by atoms with Crippen molar-refractivity contribution in [2.75, 3.05) is 33.2 Å². The van der Waals surface area contributed by atoms with Crippen molar-refractivity contribution in [3.05, 3.63) is 51.4 Å².